The SMILES string of the molecule is c1ccc(-c2cc(-c3ccccc3)c3sc4cc(-c5ccc(-c6cccc(-c7nc(-c8ccccc8)nc(-c8ccccc8)n7)c6)cc5)ccc4c3c2)cc1. The predicted molar refractivity (Wildman–Crippen MR) is 231 cm³/mol. The molecule has 0 atom stereocenters. The van der Waals surface area contributed by atoms with Gasteiger partial charge in [0.2, 0.25) is 0 Å². The maximum absolute atomic E-state index is 4.95. The van der Waals surface area contributed by atoms with Crippen LogP contribution in [0.5, 0.6) is 0 Å². The van der Waals surface area contributed by atoms with Gasteiger partial charge in [-0.3, -0.25) is 0 Å². The Labute approximate surface area is 323 Å². The summed E-state index contributed by atoms with van der Waals surface area (Å²) in [6.07, 6.45) is 0. The molecule has 258 valence electrons. The highest BCUT2D eigenvalue weighted by Crippen LogP contribution is 2.44. The van der Waals surface area contributed by atoms with E-state index in [1.165, 1.54) is 53.6 Å². The molecule has 55 heavy (non-hydrogen) atoms. The van der Waals surface area contributed by atoms with Crippen molar-refractivity contribution in [1.29, 1.82) is 0 Å². The van der Waals surface area contributed by atoms with Crippen LogP contribution in [-0.4, -0.2) is 15.0 Å². The fourth-order valence-corrected chi connectivity index (χ4v) is 8.58. The molecule has 0 aliphatic carbocycles. The second-order valence-electron chi connectivity index (χ2n) is 13.6. The number of aromatic nitrogens is 3. The molecule has 10 aromatic rings. The Morgan fingerprint density at radius 2 is 0.709 bits per heavy atom. The maximum atomic E-state index is 4.95. The van der Waals surface area contributed by atoms with Crippen molar-refractivity contribution in [3.63, 3.8) is 0 Å². The summed E-state index contributed by atoms with van der Waals surface area (Å²) in [5.41, 5.74) is 12.5. The normalized spacial score (nSPS) is 11.3. The van der Waals surface area contributed by atoms with Crippen LogP contribution in [0, 0.1) is 0 Å². The molecule has 0 unspecified atom stereocenters. The quantitative estimate of drug-likeness (QED) is 0.165. The second-order valence-corrected chi connectivity index (χ2v) is 14.7. The summed E-state index contributed by atoms with van der Waals surface area (Å²) in [5.74, 6) is 1.96. The minimum absolute atomic E-state index is 0.647. The molecular formula is C51H33N3S. The van der Waals surface area contributed by atoms with E-state index in [2.05, 4.69) is 140 Å². The van der Waals surface area contributed by atoms with Gasteiger partial charge < -0.3 is 0 Å². The molecule has 0 bridgehead atoms. The lowest BCUT2D eigenvalue weighted by molar-refractivity contribution is 1.07. The first-order chi connectivity index (χ1) is 27.2. The van der Waals surface area contributed by atoms with E-state index in [0.717, 1.165) is 27.8 Å². The van der Waals surface area contributed by atoms with Crippen LogP contribution >= 0.6 is 11.3 Å². The van der Waals surface area contributed by atoms with Gasteiger partial charge in [-0.05, 0) is 63.2 Å². The standard InChI is InChI=1S/C51H33N3S/c1-5-14-34(15-6-1)43-31-45(37-16-7-2-8-17-37)48-46(32-43)44-29-28-41(33-47(44)55-48)36-26-24-35(25-27-36)40-22-13-23-42(30-40)51-53-49(38-18-9-3-10-19-38)52-50(54-51)39-20-11-4-12-21-39/h1-33H. The molecule has 8 aromatic carbocycles. The van der Waals surface area contributed by atoms with Crippen LogP contribution in [0.4, 0.5) is 0 Å². The summed E-state index contributed by atoms with van der Waals surface area (Å²) < 4.78 is 2.60. The molecule has 10 rings (SSSR count). The fraction of sp³-hybridized carbons (Fsp3) is 0. The minimum atomic E-state index is 0.647. The van der Waals surface area contributed by atoms with Crippen molar-refractivity contribution >= 4 is 31.5 Å². The third kappa shape index (κ3) is 6.39. The molecule has 0 spiro atoms. The third-order valence-corrected chi connectivity index (χ3v) is 11.3. The summed E-state index contributed by atoms with van der Waals surface area (Å²) in [7, 11) is 0. The smallest absolute Gasteiger partial charge is 0.164 e. The lowest BCUT2D eigenvalue weighted by Crippen LogP contribution is -2.00. The maximum Gasteiger partial charge on any atom is 0.164 e. The molecule has 3 nitrogen and oxygen atoms in total. The van der Waals surface area contributed by atoms with Crippen LogP contribution in [-0.2, 0) is 0 Å². The molecule has 2 aromatic heterocycles. The van der Waals surface area contributed by atoms with Gasteiger partial charge in [0.15, 0.2) is 17.5 Å². The van der Waals surface area contributed by atoms with E-state index in [4.69, 9.17) is 15.0 Å². The predicted octanol–water partition coefficient (Wildman–Crippen LogP) is 13.9. The van der Waals surface area contributed by atoms with Crippen LogP contribution in [0.15, 0.2) is 200 Å². The van der Waals surface area contributed by atoms with Crippen LogP contribution in [0.25, 0.3) is 98.8 Å². The van der Waals surface area contributed by atoms with Gasteiger partial charge in [-0.1, -0.05) is 176 Å². The van der Waals surface area contributed by atoms with Crippen LogP contribution in [0.3, 0.4) is 0 Å². The Morgan fingerprint density at radius 1 is 0.273 bits per heavy atom. The van der Waals surface area contributed by atoms with E-state index in [0.29, 0.717) is 17.5 Å². The van der Waals surface area contributed by atoms with Gasteiger partial charge >= 0.3 is 0 Å². The average Bonchev–Trinajstić information content (AvgIpc) is 3.65. The Kier molecular flexibility index (Phi) is 8.36. The molecule has 2 heterocycles. The summed E-state index contributed by atoms with van der Waals surface area (Å²) in [4.78, 5) is 14.8. The molecular weight excluding hydrogens is 687 g/mol. The van der Waals surface area contributed by atoms with Gasteiger partial charge in [0.05, 0.1) is 0 Å². The first kappa shape index (κ1) is 32.6. The van der Waals surface area contributed by atoms with Crippen LogP contribution < -0.4 is 0 Å². The highest BCUT2D eigenvalue weighted by molar-refractivity contribution is 7.26. The molecule has 0 N–H and O–H groups in total. The van der Waals surface area contributed by atoms with Crippen molar-refractivity contribution in [2.24, 2.45) is 0 Å². The largest absolute Gasteiger partial charge is 0.208 e. The van der Waals surface area contributed by atoms with Gasteiger partial charge in [0.1, 0.15) is 0 Å². The zero-order chi connectivity index (χ0) is 36.6. The highest BCUT2D eigenvalue weighted by atomic mass is 32.1. The zero-order valence-electron chi connectivity index (χ0n) is 29.8. The minimum Gasteiger partial charge on any atom is -0.208 e. The van der Waals surface area contributed by atoms with Gasteiger partial charge in [-0.25, -0.2) is 15.0 Å². The first-order valence-corrected chi connectivity index (χ1v) is 19.2. The molecule has 0 fully saturated rings. The van der Waals surface area contributed by atoms with E-state index in [1.807, 2.05) is 72.0 Å². The number of hydrogen-bond donors (Lipinski definition) is 0. The van der Waals surface area contributed by atoms with E-state index in [1.54, 1.807) is 0 Å². The van der Waals surface area contributed by atoms with Crippen molar-refractivity contribution in [1.82, 2.24) is 15.0 Å². The number of rotatable bonds is 7. The van der Waals surface area contributed by atoms with E-state index >= 15 is 0 Å². The third-order valence-electron chi connectivity index (χ3n) is 10.1. The molecule has 0 saturated carbocycles. The molecule has 0 aliphatic heterocycles. The van der Waals surface area contributed by atoms with E-state index < -0.39 is 0 Å². The van der Waals surface area contributed by atoms with E-state index in [9.17, 15) is 0 Å². The fourth-order valence-electron chi connectivity index (χ4n) is 7.32. The highest BCUT2D eigenvalue weighted by Gasteiger charge is 2.16. The summed E-state index contributed by atoms with van der Waals surface area (Å²) in [6.45, 7) is 0. The number of nitrogens with zero attached hydrogens (tertiary/aromatic N) is 3. The van der Waals surface area contributed by atoms with Crippen molar-refractivity contribution in [2.75, 3.05) is 0 Å². The Balaban J connectivity index is 0.998. The first-order valence-electron chi connectivity index (χ1n) is 18.4. The second kappa shape index (κ2) is 14.1. The lowest BCUT2D eigenvalue weighted by Gasteiger charge is -2.10. The number of fused-ring (bicyclic) bond motifs is 3. The van der Waals surface area contributed by atoms with Crippen LogP contribution in [0.1, 0.15) is 0 Å². The number of benzene rings is 8. The molecule has 0 amide bonds. The monoisotopic (exact) mass is 719 g/mol. The van der Waals surface area contributed by atoms with Gasteiger partial charge in [-0.2, -0.15) is 0 Å². The van der Waals surface area contributed by atoms with Crippen LogP contribution in [0.2, 0.25) is 0 Å². The van der Waals surface area contributed by atoms with Gasteiger partial charge in [-0.15, -0.1) is 11.3 Å². The summed E-state index contributed by atoms with van der Waals surface area (Å²) in [5, 5.41) is 2.59. The molecule has 4 heteroatoms. The van der Waals surface area contributed by atoms with Gasteiger partial charge in [0.25, 0.3) is 0 Å². The Hall–Kier alpha value is -7.01. The van der Waals surface area contributed by atoms with Crippen molar-refractivity contribution in [3.05, 3.63) is 200 Å². The van der Waals surface area contributed by atoms with Crippen molar-refractivity contribution < 1.29 is 0 Å². The number of hydrogen-bond acceptors (Lipinski definition) is 4. The van der Waals surface area contributed by atoms with Gasteiger partial charge in [0, 0.05) is 42.4 Å². The average molecular weight is 720 g/mol. The van der Waals surface area contributed by atoms with E-state index in [-0.39, 0.29) is 0 Å². The van der Waals surface area contributed by atoms with Crippen molar-refractivity contribution in [2.45, 2.75) is 0 Å². The molecule has 0 radical (unpaired) electrons. The number of thiophene rings is 1. The molecule has 0 saturated heterocycles. The van der Waals surface area contributed by atoms with Crippen molar-refractivity contribution in [3.8, 4) is 78.7 Å². The Bertz CT molecular complexity index is 2880. The lowest BCUT2D eigenvalue weighted by atomic mass is 9.95. The topological polar surface area (TPSA) is 38.7 Å². The molecule has 0 aliphatic rings. The summed E-state index contributed by atoms with van der Waals surface area (Å²) >= 11 is 1.88. The Morgan fingerprint density at radius 3 is 1.29 bits per heavy atom. The summed E-state index contributed by atoms with van der Waals surface area (Å²) in [6, 6.07) is 70.6. The zero-order valence-corrected chi connectivity index (χ0v) is 30.6.